The molecule has 2 aromatic carbocycles. The van der Waals surface area contributed by atoms with E-state index in [0.29, 0.717) is 11.3 Å². The van der Waals surface area contributed by atoms with Crippen LogP contribution in [-0.4, -0.2) is 30.3 Å². The first-order chi connectivity index (χ1) is 12.5. The maximum absolute atomic E-state index is 13.0. The third kappa shape index (κ3) is 2.94. The van der Waals surface area contributed by atoms with Gasteiger partial charge in [0.05, 0.1) is 11.4 Å². The van der Waals surface area contributed by atoms with Crippen LogP contribution in [0.4, 0.5) is 17.1 Å². The summed E-state index contributed by atoms with van der Waals surface area (Å²) < 4.78 is 0. The van der Waals surface area contributed by atoms with E-state index in [-0.39, 0.29) is 30.3 Å². The van der Waals surface area contributed by atoms with Gasteiger partial charge in [0, 0.05) is 24.2 Å². The molecule has 0 aromatic heterocycles. The van der Waals surface area contributed by atoms with Crippen molar-refractivity contribution in [2.45, 2.75) is 25.8 Å². The Morgan fingerprint density at radius 3 is 2.27 bits per heavy atom. The van der Waals surface area contributed by atoms with Crippen LogP contribution in [0.2, 0.25) is 0 Å². The molecule has 1 saturated carbocycles. The van der Waals surface area contributed by atoms with Gasteiger partial charge in [-0.1, -0.05) is 12.1 Å². The van der Waals surface area contributed by atoms with Crippen LogP contribution in [0, 0.1) is 0 Å². The molecule has 2 aliphatic rings. The van der Waals surface area contributed by atoms with E-state index in [2.05, 4.69) is 5.32 Å². The second kappa shape index (κ2) is 6.29. The minimum atomic E-state index is -0.226. The van der Waals surface area contributed by atoms with E-state index >= 15 is 0 Å². The highest BCUT2D eigenvalue weighted by atomic mass is 16.2. The Bertz CT molecular complexity index is 887. The molecule has 3 amide bonds. The zero-order valence-electron chi connectivity index (χ0n) is 14.4. The molecule has 0 saturated heterocycles. The lowest BCUT2D eigenvalue weighted by molar-refractivity contribution is -0.117. The summed E-state index contributed by atoms with van der Waals surface area (Å²) >= 11 is 0. The van der Waals surface area contributed by atoms with Gasteiger partial charge in [0.15, 0.2) is 0 Å². The summed E-state index contributed by atoms with van der Waals surface area (Å²) in [6.07, 6.45) is 2.03. The fourth-order valence-corrected chi connectivity index (χ4v) is 3.30. The van der Waals surface area contributed by atoms with Gasteiger partial charge in [-0.05, 0) is 49.2 Å². The van der Waals surface area contributed by atoms with Gasteiger partial charge in [0.1, 0.15) is 6.54 Å². The number of amides is 3. The molecule has 0 unspecified atom stereocenters. The molecule has 6 heteroatoms. The van der Waals surface area contributed by atoms with Crippen molar-refractivity contribution >= 4 is 34.8 Å². The Morgan fingerprint density at radius 1 is 1.00 bits per heavy atom. The lowest BCUT2D eigenvalue weighted by atomic mass is 10.1. The lowest BCUT2D eigenvalue weighted by Gasteiger charge is -2.36. The summed E-state index contributed by atoms with van der Waals surface area (Å²) in [7, 11) is 0. The highest BCUT2D eigenvalue weighted by Crippen LogP contribution is 2.40. The van der Waals surface area contributed by atoms with Crippen molar-refractivity contribution in [2.75, 3.05) is 21.7 Å². The Hall–Kier alpha value is -3.15. The molecule has 0 atom stereocenters. The maximum Gasteiger partial charge on any atom is 0.258 e. The molecule has 1 aliphatic carbocycles. The number of fused-ring (bicyclic) bond motifs is 1. The zero-order chi connectivity index (χ0) is 18.3. The molecule has 6 nitrogen and oxygen atoms in total. The van der Waals surface area contributed by atoms with Crippen molar-refractivity contribution in [3.05, 3.63) is 54.1 Å². The maximum atomic E-state index is 13.0. The van der Waals surface area contributed by atoms with Crippen molar-refractivity contribution in [3.8, 4) is 0 Å². The minimum Gasteiger partial charge on any atom is -0.326 e. The van der Waals surface area contributed by atoms with Gasteiger partial charge in [-0.25, -0.2) is 0 Å². The molecule has 1 N–H and O–H groups in total. The predicted octanol–water partition coefficient (Wildman–Crippen LogP) is 2.80. The van der Waals surface area contributed by atoms with Gasteiger partial charge in [0.25, 0.3) is 5.91 Å². The highest BCUT2D eigenvalue weighted by Gasteiger charge is 2.40. The number of nitrogens with one attached hydrogen (secondary N) is 1. The van der Waals surface area contributed by atoms with Crippen molar-refractivity contribution in [2.24, 2.45) is 0 Å². The summed E-state index contributed by atoms with van der Waals surface area (Å²) in [5.74, 6) is -0.440. The quantitative estimate of drug-likeness (QED) is 0.926. The summed E-state index contributed by atoms with van der Waals surface area (Å²) in [6, 6.07) is 14.5. The monoisotopic (exact) mass is 349 g/mol. The largest absolute Gasteiger partial charge is 0.326 e. The van der Waals surface area contributed by atoms with Crippen molar-refractivity contribution < 1.29 is 14.4 Å². The first-order valence-electron chi connectivity index (χ1n) is 8.65. The van der Waals surface area contributed by atoms with Crippen LogP contribution in [0.25, 0.3) is 0 Å². The summed E-state index contributed by atoms with van der Waals surface area (Å²) in [5, 5.41) is 2.67. The smallest absolute Gasteiger partial charge is 0.258 e. The standard InChI is InChI=1S/C20H19N3O3/c1-13(24)21-15-8-6-14(7-9-15)20(26)22-12-19(25)23(16-10-11-16)18-5-3-2-4-17(18)22/h2-9,16H,10-12H2,1H3,(H,21,24). The SMILES string of the molecule is CC(=O)Nc1ccc(C(=O)N2CC(=O)N(C3CC3)c3ccccc32)cc1. The Balaban J connectivity index is 1.64. The number of para-hydroxylation sites is 2. The van der Waals surface area contributed by atoms with Gasteiger partial charge >= 0.3 is 0 Å². The molecule has 2 aromatic rings. The molecule has 1 aliphatic heterocycles. The number of hydrogen-bond donors (Lipinski definition) is 1. The van der Waals surface area contributed by atoms with Crippen molar-refractivity contribution in [1.82, 2.24) is 0 Å². The first kappa shape index (κ1) is 16.3. The van der Waals surface area contributed by atoms with Crippen LogP contribution in [0.3, 0.4) is 0 Å². The first-order valence-corrected chi connectivity index (χ1v) is 8.65. The number of nitrogens with zero attached hydrogens (tertiary/aromatic N) is 2. The van der Waals surface area contributed by atoms with Gasteiger partial charge in [-0.3, -0.25) is 19.3 Å². The average Bonchev–Trinajstić information content (AvgIpc) is 3.45. The molecule has 0 radical (unpaired) electrons. The van der Waals surface area contributed by atoms with E-state index in [1.807, 2.05) is 29.2 Å². The van der Waals surface area contributed by atoms with Gasteiger partial charge in [-0.2, -0.15) is 0 Å². The number of carbonyl (C=O) groups excluding carboxylic acids is 3. The van der Waals surface area contributed by atoms with E-state index in [9.17, 15) is 14.4 Å². The van der Waals surface area contributed by atoms with Crippen molar-refractivity contribution in [1.29, 1.82) is 0 Å². The fourth-order valence-electron chi connectivity index (χ4n) is 3.30. The summed E-state index contributed by atoms with van der Waals surface area (Å²) in [6.45, 7) is 1.47. The van der Waals surface area contributed by atoms with Crippen LogP contribution >= 0.6 is 0 Å². The molecular formula is C20H19N3O3. The van der Waals surface area contributed by atoms with E-state index in [4.69, 9.17) is 0 Å². The highest BCUT2D eigenvalue weighted by molar-refractivity contribution is 6.16. The van der Waals surface area contributed by atoms with E-state index < -0.39 is 0 Å². The Labute approximate surface area is 151 Å². The second-order valence-corrected chi connectivity index (χ2v) is 6.63. The van der Waals surface area contributed by atoms with Gasteiger partial charge in [-0.15, -0.1) is 0 Å². The number of carbonyl (C=O) groups is 3. The van der Waals surface area contributed by atoms with E-state index in [0.717, 1.165) is 24.2 Å². The van der Waals surface area contributed by atoms with Crippen LogP contribution in [0.1, 0.15) is 30.1 Å². The van der Waals surface area contributed by atoms with E-state index in [1.165, 1.54) is 11.8 Å². The number of anilines is 3. The predicted molar refractivity (Wildman–Crippen MR) is 99.4 cm³/mol. The second-order valence-electron chi connectivity index (χ2n) is 6.63. The minimum absolute atomic E-state index is 0.0415. The average molecular weight is 349 g/mol. The molecule has 0 spiro atoms. The van der Waals surface area contributed by atoms with Crippen LogP contribution < -0.4 is 15.1 Å². The fraction of sp³-hybridized carbons (Fsp3) is 0.250. The third-order valence-electron chi connectivity index (χ3n) is 4.60. The third-order valence-corrected chi connectivity index (χ3v) is 4.60. The number of benzene rings is 2. The van der Waals surface area contributed by atoms with Gasteiger partial charge in [0.2, 0.25) is 11.8 Å². The molecule has 1 heterocycles. The Kier molecular flexibility index (Phi) is 3.95. The molecule has 4 rings (SSSR count). The zero-order valence-corrected chi connectivity index (χ0v) is 14.4. The normalized spacial score (nSPS) is 16.3. The molecule has 0 bridgehead atoms. The van der Waals surface area contributed by atoms with Crippen LogP contribution in [0.15, 0.2) is 48.5 Å². The Morgan fingerprint density at radius 2 is 1.65 bits per heavy atom. The van der Waals surface area contributed by atoms with Gasteiger partial charge < -0.3 is 10.2 Å². The molecule has 132 valence electrons. The lowest BCUT2D eigenvalue weighted by Crippen LogP contribution is -2.49. The number of hydrogen-bond acceptors (Lipinski definition) is 3. The van der Waals surface area contributed by atoms with Crippen molar-refractivity contribution in [3.63, 3.8) is 0 Å². The topological polar surface area (TPSA) is 69.7 Å². The molecular weight excluding hydrogens is 330 g/mol. The molecule has 26 heavy (non-hydrogen) atoms. The number of rotatable bonds is 3. The summed E-state index contributed by atoms with van der Waals surface area (Å²) in [4.78, 5) is 40.1. The summed E-state index contributed by atoms with van der Waals surface area (Å²) in [5.41, 5.74) is 2.66. The van der Waals surface area contributed by atoms with Crippen LogP contribution in [-0.2, 0) is 9.59 Å². The van der Waals surface area contributed by atoms with E-state index in [1.54, 1.807) is 24.3 Å². The molecule has 1 fully saturated rings. The van der Waals surface area contributed by atoms with Crippen LogP contribution in [0.5, 0.6) is 0 Å².